The fourth-order valence-corrected chi connectivity index (χ4v) is 0.968. The Morgan fingerprint density at radius 3 is 2.73 bits per heavy atom. The first-order valence-corrected chi connectivity index (χ1v) is 3.99. The number of hydrazine groups is 1. The van der Waals surface area contributed by atoms with E-state index in [-0.39, 0.29) is 0 Å². The van der Waals surface area contributed by atoms with E-state index in [4.69, 9.17) is 4.74 Å². The summed E-state index contributed by atoms with van der Waals surface area (Å²) < 4.78 is 5.20. The van der Waals surface area contributed by atoms with Gasteiger partial charge in [-0.05, 0) is 6.92 Å². The van der Waals surface area contributed by atoms with Crippen molar-refractivity contribution >= 4 is 0 Å². The van der Waals surface area contributed by atoms with Gasteiger partial charge in [0.1, 0.15) is 0 Å². The van der Waals surface area contributed by atoms with Crippen molar-refractivity contribution in [3.63, 3.8) is 0 Å². The van der Waals surface area contributed by atoms with Crippen molar-refractivity contribution in [2.75, 3.05) is 32.8 Å². The lowest BCUT2D eigenvalue weighted by molar-refractivity contribution is 0.0139. The minimum absolute atomic E-state index is 0.836. The first-order valence-electron chi connectivity index (χ1n) is 3.99. The molecular formula is C8H16N2O. The molecule has 1 aliphatic heterocycles. The zero-order chi connectivity index (χ0) is 8.10. The van der Waals surface area contributed by atoms with Crippen LogP contribution in [-0.2, 0) is 4.74 Å². The van der Waals surface area contributed by atoms with Gasteiger partial charge >= 0.3 is 0 Å². The van der Waals surface area contributed by atoms with Gasteiger partial charge in [0, 0.05) is 19.6 Å². The van der Waals surface area contributed by atoms with Gasteiger partial charge in [0.2, 0.25) is 0 Å². The monoisotopic (exact) mass is 156 g/mol. The van der Waals surface area contributed by atoms with Gasteiger partial charge in [0.05, 0.1) is 13.2 Å². The lowest BCUT2D eigenvalue weighted by Crippen LogP contribution is -2.46. The Morgan fingerprint density at radius 2 is 2.18 bits per heavy atom. The fraction of sp³-hybridized carbons (Fsp3) is 0.750. The van der Waals surface area contributed by atoms with Crippen LogP contribution in [0.25, 0.3) is 0 Å². The van der Waals surface area contributed by atoms with Crippen molar-refractivity contribution < 1.29 is 4.74 Å². The second-order valence-electron chi connectivity index (χ2n) is 2.89. The third-order valence-electron chi connectivity index (χ3n) is 1.62. The molecule has 0 aliphatic carbocycles. The molecule has 1 N–H and O–H groups in total. The second kappa shape index (κ2) is 4.49. The Hall–Kier alpha value is -0.380. The summed E-state index contributed by atoms with van der Waals surface area (Å²) in [7, 11) is 0. The maximum atomic E-state index is 5.20. The zero-order valence-corrected chi connectivity index (χ0v) is 7.10. The van der Waals surface area contributed by atoms with Crippen molar-refractivity contribution in [3.8, 4) is 0 Å². The molecule has 0 amide bonds. The van der Waals surface area contributed by atoms with Crippen LogP contribution >= 0.6 is 0 Å². The Kier molecular flexibility index (Phi) is 3.56. The fourth-order valence-electron chi connectivity index (χ4n) is 0.968. The van der Waals surface area contributed by atoms with Crippen molar-refractivity contribution in [2.45, 2.75) is 6.92 Å². The summed E-state index contributed by atoms with van der Waals surface area (Å²) in [5.74, 6) is 0. The molecule has 0 bridgehead atoms. The van der Waals surface area contributed by atoms with Crippen LogP contribution in [0.2, 0.25) is 0 Å². The van der Waals surface area contributed by atoms with Gasteiger partial charge in [-0.1, -0.05) is 12.2 Å². The van der Waals surface area contributed by atoms with E-state index in [0.717, 1.165) is 38.4 Å². The molecule has 1 fully saturated rings. The lowest BCUT2D eigenvalue weighted by atomic mass is 10.4. The second-order valence-corrected chi connectivity index (χ2v) is 2.89. The molecule has 3 nitrogen and oxygen atoms in total. The van der Waals surface area contributed by atoms with Gasteiger partial charge in [0.25, 0.3) is 0 Å². The number of nitrogens with zero attached hydrogens (tertiary/aromatic N) is 1. The van der Waals surface area contributed by atoms with E-state index in [1.54, 1.807) is 0 Å². The molecule has 0 saturated carbocycles. The molecule has 0 radical (unpaired) electrons. The van der Waals surface area contributed by atoms with Crippen LogP contribution in [0.5, 0.6) is 0 Å². The first-order chi connectivity index (χ1) is 5.29. The molecule has 0 unspecified atom stereocenters. The summed E-state index contributed by atoms with van der Waals surface area (Å²) in [6.45, 7) is 10.3. The van der Waals surface area contributed by atoms with E-state index in [2.05, 4.69) is 17.0 Å². The number of rotatable bonds is 3. The minimum Gasteiger partial charge on any atom is -0.379 e. The summed E-state index contributed by atoms with van der Waals surface area (Å²) in [5.41, 5.74) is 4.44. The van der Waals surface area contributed by atoms with E-state index in [1.807, 2.05) is 6.92 Å². The molecule has 1 rings (SSSR count). The molecular weight excluding hydrogens is 140 g/mol. The van der Waals surface area contributed by atoms with Crippen LogP contribution in [0.15, 0.2) is 12.2 Å². The van der Waals surface area contributed by atoms with Crippen molar-refractivity contribution in [3.05, 3.63) is 12.2 Å². The number of hydrogen-bond donors (Lipinski definition) is 1. The quantitative estimate of drug-likeness (QED) is 0.599. The highest BCUT2D eigenvalue weighted by Crippen LogP contribution is 1.93. The summed E-state index contributed by atoms with van der Waals surface area (Å²) >= 11 is 0. The normalized spacial score (nSPS) is 20.1. The van der Waals surface area contributed by atoms with E-state index < -0.39 is 0 Å². The largest absolute Gasteiger partial charge is 0.379 e. The van der Waals surface area contributed by atoms with Crippen LogP contribution in [0.4, 0.5) is 0 Å². The lowest BCUT2D eigenvalue weighted by Gasteiger charge is -2.27. The third kappa shape index (κ3) is 3.51. The SMILES string of the molecule is C=C(C)CNN1CCOCC1. The molecule has 1 aliphatic rings. The van der Waals surface area contributed by atoms with Crippen LogP contribution < -0.4 is 5.43 Å². The highest BCUT2D eigenvalue weighted by atomic mass is 16.5. The Bertz CT molecular complexity index is 130. The maximum Gasteiger partial charge on any atom is 0.0608 e. The zero-order valence-electron chi connectivity index (χ0n) is 7.10. The smallest absolute Gasteiger partial charge is 0.0608 e. The molecule has 0 atom stereocenters. The first kappa shape index (κ1) is 8.71. The standard InChI is InChI=1S/C8H16N2O/c1-8(2)7-9-10-3-5-11-6-4-10/h9H,1,3-7H2,2H3. The van der Waals surface area contributed by atoms with Gasteiger partial charge in [-0.15, -0.1) is 0 Å². The Morgan fingerprint density at radius 1 is 1.55 bits per heavy atom. The molecule has 3 heteroatoms. The summed E-state index contributed by atoms with van der Waals surface area (Å²) in [4.78, 5) is 0. The molecule has 1 heterocycles. The minimum atomic E-state index is 0.836. The highest BCUT2D eigenvalue weighted by molar-refractivity contribution is 4.90. The highest BCUT2D eigenvalue weighted by Gasteiger charge is 2.08. The van der Waals surface area contributed by atoms with Gasteiger partial charge in [-0.3, -0.25) is 5.43 Å². The van der Waals surface area contributed by atoms with Crippen molar-refractivity contribution in [2.24, 2.45) is 0 Å². The molecule has 1 saturated heterocycles. The molecule has 64 valence electrons. The number of nitrogens with one attached hydrogen (secondary N) is 1. The van der Waals surface area contributed by atoms with E-state index in [1.165, 1.54) is 0 Å². The Balaban J connectivity index is 2.09. The van der Waals surface area contributed by atoms with E-state index in [9.17, 15) is 0 Å². The van der Waals surface area contributed by atoms with Gasteiger partial charge in [0.15, 0.2) is 0 Å². The average Bonchev–Trinajstić information content (AvgIpc) is 2.03. The maximum absolute atomic E-state index is 5.20. The van der Waals surface area contributed by atoms with Crippen LogP contribution in [0.3, 0.4) is 0 Å². The summed E-state index contributed by atoms with van der Waals surface area (Å²) in [6.07, 6.45) is 0. The van der Waals surface area contributed by atoms with E-state index >= 15 is 0 Å². The van der Waals surface area contributed by atoms with Crippen LogP contribution in [0.1, 0.15) is 6.92 Å². The van der Waals surface area contributed by atoms with Gasteiger partial charge < -0.3 is 4.74 Å². The molecule has 0 aromatic carbocycles. The summed E-state index contributed by atoms with van der Waals surface area (Å²) in [6, 6.07) is 0. The van der Waals surface area contributed by atoms with Crippen LogP contribution in [-0.4, -0.2) is 37.9 Å². The third-order valence-corrected chi connectivity index (χ3v) is 1.62. The Labute approximate surface area is 68.0 Å². The summed E-state index contributed by atoms with van der Waals surface area (Å²) in [5, 5.41) is 2.18. The average molecular weight is 156 g/mol. The number of ether oxygens (including phenoxy) is 1. The predicted molar refractivity (Wildman–Crippen MR) is 45.2 cm³/mol. The molecule has 0 aromatic rings. The molecule has 0 aromatic heterocycles. The number of hydrogen-bond acceptors (Lipinski definition) is 3. The predicted octanol–water partition coefficient (Wildman–Crippen LogP) is 0.399. The molecule has 11 heavy (non-hydrogen) atoms. The molecule has 0 spiro atoms. The van der Waals surface area contributed by atoms with Crippen molar-refractivity contribution in [1.29, 1.82) is 0 Å². The van der Waals surface area contributed by atoms with E-state index in [0.29, 0.717) is 0 Å². The van der Waals surface area contributed by atoms with Gasteiger partial charge in [-0.2, -0.15) is 0 Å². The van der Waals surface area contributed by atoms with Crippen LogP contribution in [0, 0.1) is 0 Å². The number of morpholine rings is 1. The van der Waals surface area contributed by atoms with Crippen molar-refractivity contribution in [1.82, 2.24) is 10.4 Å². The topological polar surface area (TPSA) is 24.5 Å². The van der Waals surface area contributed by atoms with Gasteiger partial charge in [-0.25, -0.2) is 5.01 Å².